The monoisotopic (exact) mass is 523 g/mol. The molecule has 0 bridgehead atoms. The molecule has 1 N–H and O–H groups in total. The third kappa shape index (κ3) is 4.08. The van der Waals surface area contributed by atoms with Gasteiger partial charge in [0.2, 0.25) is 0 Å². The molecule has 0 radical (unpaired) electrons. The Hall–Kier alpha value is -2.87. The summed E-state index contributed by atoms with van der Waals surface area (Å²) in [5.74, 6) is 0.0438. The van der Waals surface area contributed by atoms with Crippen molar-refractivity contribution in [1.29, 1.82) is 0 Å². The summed E-state index contributed by atoms with van der Waals surface area (Å²) in [5, 5.41) is 9.75. The maximum atomic E-state index is 13.3. The number of piperidine rings is 1. The van der Waals surface area contributed by atoms with Crippen molar-refractivity contribution in [3.05, 3.63) is 58.3 Å². The second kappa shape index (κ2) is 9.06. The minimum atomic E-state index is -0.0524. The number of anilines is 1. The molecule has 2 aliphatic heterocycles. The Bertz CT molecular complexity index is 1240. The number of likely N-dealkylation sites (tertiary alicyclic amines) is 2. The molecule has 5 rings (SSSR count). The summed E-state index contributed by atoms with van der Waals surface area (Å²) < 4.78 is 2.58. The van der Waals surface area contributed by atoms with Gasteiger partial charge in [0.1, 0.15) is 5.69 Å². The van der Waals surface area contributed by atoms with Gasteiger partial charge in [-0.05, 0) is 65.9 Å². The van der Waals surface area contributed by atoms with Crippen LogP contribution in [-0.4, -0.2) is 57.7 Å². The van der Waals surface area contributed by atoms with Crippen molar-refractivity contribution < 1.29 is 9.59 Å². The molecule has 178 valence electrons. The number of hydrogen-bond acceptors (Lipinski definition) is 3. The molecule has 0 atom stereocenters. The van der Waals surface area contributed by atoms with E-state index in [1.165, 1.54) is 0 Å². The molecule has 0 unspecified atom stereocenters. The Balaban J connectivity index is 1.22. The summed E-state index contributed by atoms with van der Waals surface area (Å²) in [6.45, 7) is 7.47. The highest BCUT2D eigenvalue weighted by molar-refractivity contribution is 9.10. The fraction of sp³-hybridized carbons (Fsp3) is 0.423. The number of aromatic nitrogens is 2. The zero-order valence-corrected chi connectivity index (χ0v) is 21.3. The molecule has 8 heteroatoms. The molecular formula is C26H30BrN5O2. The van der Waals surface area contributed by atoms with Crippen molar-refractivity contribution in [3.63, 3.8) is 0 Å². The number of carbonyl (C=O) groups is 2. The van der Waals surface area contributed by atoms with Crippen LogP contribution < -0.4 is 5.32 Å². The van der Waals surface area contributed by atoms with E-state index in [9.17, 15) is 9.59 Å². The van der Waals surface area contributed by atoms with Gasteiger partial charge in [0, 0.05) is 38.1 Å². The molecule has 2 aromatic carbocycles. The number of fused-ring (bicyclic) bond motifs is 1. The van der Waals surface area contributed by atoms with E-state index in [4.69, 9.17) is 0 Å². The van der Waals surface area contributed by atoms with Crippen LogP contribution in [0.3, 0.4) is 0 Å². The molecule has 1 aromatic heterocycles. The van der Waals surface area contributed by atoms with E-state index in [-0.39, 0.29) is 17.4 Å². The molecule has 3 heterocycles. The van der Waals surface area contributed by atoms with E-state index < -0.39 is 0 Å². The third-order valence-corrected chi connectivity index (χ3v) is 8.37. The van der Waals surface area contributed by atoms with E-state index in [2.05, 4.69) is 38.5 Å². The van der Waals surface area contributed by atoms with Gasteiger partial charge in [-0.1, -0.05) is 36.4 Å². The van der Waals surface area contributed by atoms with E-state index in [0.29, 0.717) is 25.3 Å². The molecule has 1 spiro atoms. The number of halogens is 1. The van der Waals surface area contributed by atoms with Gasteiger partial charge >= 0.3 is 6.03 Å². The van der Waals surface area contributed by atoms with E-state index in [1.807, 2.05) is 54.0 Å². The van der Waals surface area contributed by atoms with Crippen molar-refractivity contribution >= 4 is 44.3 Å². The molecule has 2 saturated heterocycles. The molecule has 34 heavy (non-hydrogen) atoms. The smallest absolute Gasteiger partial charge is 0.321 e. The van der Waals surface area contributed by atoms with Crippen molar-refractivity contribution in [2.75, 3.05) is 31.5 Å². The van der Waals surface area contributed by atoms with Gasteiger partial charge in [-0.25, -0.2) is 4.79 Å². The highest BCUT2D eigenvalue weighted by Gasteiger charge is 2.43. The molecule has 2 fully saturated rings. The van der Waals surface area contributed by atoms with Crippen molar-refractivity contribution in [3.8, 4) is 0 Å². The van der Waals surface area contributed by atoms with Crippen molar-refractivity contribution in [2.24, 2.45) is 5.41 Å². The zero-order chi connectivity index (χ0) is 23.9. The molecular weight excluding hydrogens is 494 g/mol. The first-order valence-corrected chi connectivity index (χ1v) is 12.8. The Morgan fingerprint density at radius 3 is 2.44 bits per heavy atom. The second-order valence-corrected chi connectivity index (χ2v) is 10.3. The molecule has 3 aromatic rings. The SMILES string of the molecule is CCn1nc(C)c(Br)c1C(=O)N1CCC2(CCN(C(=O)Nc3cccc4ccccc34)CC2)C1. The second-order valence-electron chi connectivity index (χ2n) is 9.48. The molecule has 3 amide bonds. The van der Waals surface area contributed by atoms with Crippen molar-refractivity contribution in [2.45, 2.75) is 39.7 Å². The van der Waals surface area contributed by atoms with Gasteiger partial charge in [-0.3, -0.25) is 9.48 Å². The van der Waals surface area contributed by atoms with Gasteiger partial charge in [0.05, 0.1) is 15.9 Å². The minimum Gasteiger partial charge on any atom is -0.337 e. The van der Waals surface area contributed by atoms with Gasteiger partial charge in [-0.2, -0.15) is 5.10 Å². The summed E-state index contributed by atoms with van der Waals surface area (Å²) in [6.07, 6.45) is 2.80. The number of amides is 3. The summed E-state index contributed by atoms with van der Waals surface area (Å²) in [5.41, 5.74) is 2.41. The number of carbonyl (C=O) groups excluding carboxylic acids is 2. The van der Waals surface area contributed by atoms with Gasteiger partial charge in [0.25, 0.3) is 5.91 Å². The maximum absolute atomic E-state index is 13.3. The number of nitrogens with one attached hydrogen (secondary N) is 1. The average molecular weight is 524 g/mol. The Morgan fingerprint density at radius 1 is 1.03 bits per heavy atom. The summed E-state index contributed by atoms with van der Waals surface area (Å²) in [4.78, 5) is 30.2. The van der Waals surface area contributed by atoms with Crippen LogP contribution >= 0.6 is 15.9 Å². The van der Waals surface area contributed by atoms with Gasteiger partial charge in [-0.15, -0.1) is 0 Å². The number of benzene rings is 2. The predicted molar refractivity (Wildman–Crippen MR) is 137 cm³/mol. The van der Waals surface area contributed by atoms with Crippen LogP contribution in [0.4, 0.5) is 10.5 Å². The van der Waals surface area contributed by atoms with Crippen LogP contribution in [0.2, 0.25) is 0 Å². The number of hydrogen-bond donors (Lipinski definition) is 1. The van der Waals surface area contributed by atoms with E-state index >= 15 is 0 Å². The lowest BCUT2D eigenvalue weighted by atomic mass is 9.78. The van der Waals surface area contributed by atoms with Crippen LogP contribution in [0.25, 0.3) is 10.8 Å². The van der Waals surface area contributed by atoms with E-state index in [1.54, 1.807) is 4.68 Å². The number of urea groups is 1. The molecule has 2 aliphatic rings. The van der Waals surface area contributed by atoms with Crippen LogP contribution in [0.1, 0.15) is 42.4 Å². The maximum Gasteiger partial charge on any atom is 0.321 e. The largest absolute Gasteiger partial charge is 0.337 e. The van der Waals surface area contributed by atoms with Crippen molar-refractivity contribution in [1.82, 2.24) is 19.6 Å². The lowest BCUT2D eigenvalue weighted by Crippen LogP contribution is -2.46. The van der Waals surface area contributed by atoms with Gasteiger partial charge in [0.15, 0.2) is 0 Å². The molecule has 0 saturated carbocycles. The third-order valence-electron chi connectivity index (χ3n) is 7.42. The number of aryl methyl sites for hydroxylation is 2. The summed E-state index contributed by atoms with van der Waals surface area (Å²) >= 11 is 3.56. The first-order valence-electron chi connectivity index (χ1n) is 12.0. The Morgan fingerprint density at radius 2 is 1.71 bits per heavy atom. The number of rotatable bonds is 3. The molecule has 0 aliphatic carbocycles. The normalized spacial score (nSPS) is 17.5. The van der Waals surface area contributed by atoms with E-state index in [0.717, 1.165) is 59.0 Å². The lowest BCUT2D eigenvalue weighted by Gasteiger charge is -2.39. The predicted octanol–water partition coefficient (Wildman–Crippen LogP) is 5.29. The first kappa shape index (κ1) is 22.9. The lowest BCUT2D eigenvalue weighted by molar-refractivity contribution is 0.0727. The Labute approximate surface area is 208 Å². The van der Waals surface area contributed by atoms with Crippen LogP contribution in [0.15, 0.2) is 46.9 Å². The topological polar surface area (TPSA) is 70.5 Å². The fourth-order valence-electron chi connectivity index (χ4n) is 5.37. The summed E-state index contributed by atoms with van der Waals surface area (Å²) in [7, 11) is 0. The molecule has 7 nitrogen and oxygen atoms in total. The fourth-order valence-corrected chi connectivity index (χ4v) is 5.83. The van der Waals surface area contributed by atoms with Gasteiger partial charge < -0.3 is 15.1 Å². The van der Waals surface area contributed by atoms with Crippen LogP contribution in [0, 0.1) is 12.3 Å². The summed E-state index contributed by atoms with van der Waals surface area (Å²) in [6, 6.07) is 14.0. The zero-order valence-electron chi connectivity index (χ0n) is 19.7. The first-order chi connectivity index (χ1) is 16.4. The van der Waals surface area contributed by atoms with Crippen LogP contribution in [-0.2, 0) is 6.54 Å². The Kier molecular flexibility index (Phi) is 6.10. The minimum absolute atomic E-state index is 0.0438. The highest BCUT2D eigenvalue weighted by atomic mass is 79.9. The average Bonchev–Trinajstić information content (AvgIpc) is 3.39. The standard InChI is InChI=1S/C26H30BrN5O2/c1-3-32-23(22(27)18(2)29-32)24(33)31-16-13-26(17-31)11-14-30(15-12-26)25(34)28-21-10-6-8-19-7-4-5-9-20(19)21/h4-10H,3,11-17H2,1-2H3,(H,28,34). The van der Waals surface area contributed by atoms with Crippen LogP contribution in [0.5, 0.6) is 0 Å². The quantitative estimate of drug-likeness (QED) is 0.507. The number of nitrogens with zero attached hydrogens (tertiary/aromatic N) is 4. The highest BCUT2D eigenvalue weighted by Crippen LogP contribution is 2.41.